The van der Waals surface area contributed by atoms with E-state index in [9.17, 15) is 28.7 Å². The van der Waals surface area contributed by atoms with E-state index in [4.69, 9.17) is 16.6 Å². The van der Waals surface area contributed by atoms with Crippen LogP contribution < -0.4 is 31.1 Å². The molecule has 5 aromatic rings. The number of nitrogens with one attached hydrogen (secondary N) is 4. The quantitative estimate of drug-likeness (QED) is 0.0679. The van der Waals surface area contributed by atoms with Gasteiger partial charge in [-0.3, -0.25) is 24.1 Å². The maximum Gasteiger partial charge on any atom is 0.246 e. The zero-order valence-corrected chi connectivity index (χ0v) is 45.3. The fraction of sp³-hybridized carbons (Fsp3) is 0.527. The summed E-state index contributed by atoms with van der Waals surface area (Å²) in [5.74, 6) is -0.510. The normalized spacial score (nSPS) is 19.6. The van der Waals surface area contributed by atoms with Gasteiger partial charge in [-0.15, -0.1) is 11.3 Å². The van der Waals surface area contributed by atoms with Gasteiger partial charge in [0.05, 0.1) is 46.0 Å². The molecule has 4 aliphatic heterocycles. The van der Waals surface area contributed by atoms with Crippen LogP contribution in [0.25, 0.3) is 21.5 Å². The van der Waals surface area contributed by atoms with Crippen molar-refractivity contribution < 1.29 is 28.7 Å². The van der Waals surface area contributed by atoms with Gasteiger partial charge in [0.2, 0.25) is 29.6 Å². The Labute approximate surface area is 442 Å². The van der Waals surface area contributed by atoms with E-state index in [-0.39, 0.29) is 49.0 Å². The van der Waals surface area contributed by atoms with Gasteiger partial charge in [0.15, 0.2) is 0 Å². The van der Waals surface area contributed by atoms with E-state index in [1.54, 1.807) is 25.2 Å². The summed E-state index contributed by atoms with van der Waals surface area (Å²) in [4.78, 5) is 73.4. The van der Waals surface area contributed by atoms with Gasteiger partial charge in [0, 0.05) is 102 Å². The predicted molar refractivity (Wildman–Crippen MR) is 289 cm³/mol. The number of imidazole rings is 1. The minimum Gasteiger partial charge on any atom is -0.391 e. The molecule has 4 saturated heterocycles. The summed E-state index contributed by atoms with van der Waals surface area (Å²) >= 11 is 8.45. The van der Waals surface area contributed by atoms with Gasteiger partial charge in [-0.2, -0.15) is 0 Å². The number of benzene rings is 3. The lowest BCUT2D eigenvalue weighted by Crippen LogP contribution is -2.71. The first-order valence-corrected chi connectivity index (χ1v) is 27.3. The van der Waals surface area contributed by atoms with E-state index in [2.05, 4.69) is 45.5 Å². The molecule has 16 nitrogen and oxygen atoms in total. The van der Waals surface area contributed by atoms with Crippen molar-refractivity contribution in [3.8, 4) is 10.4 Å². The number of thiazole rings is 1. The van der Waals surface area contributed by atoms with Crippen LogP contribution in [0.3, 0.4) is 0 Å². The second kappa shape index (κ2) is 21.9. The molecule has 6 heterocycles. The highest BCUT2D eigenvalue weighted by Gasteiger charge is 2.49. The third kappa shape index (κ3) is 11.6. The van der Waals surface area contributed by atoms with Crippen LogP contribution in [0.2, 0.25) is 5.02 Å². The number of likely N-dealkylation sites (tertiary alicyclic amines) is 1. The van der Waals surface area contributed by atoms with Crippen LogP contribution in [0.1, 0.15) is 87.4 Å². The molecule has 5 N–H and O–H groups in total. The molecule has 0 bridgehead atoms. The molecule has 9 rings (SSSR count). The van der Waals surface area contributed by atoms with E-state index in [0.717, 1.165) is 102 Å². The number of piperazine rings is 1. The Kier molecular flexibility index (Phi) is 15.7. The molecule has 4 atom stereocenters. The van der Waals surface area contributed by atoms with Crippen molar-refractivity contribution in [1.29, 1.82) is 0 Å². The van der Waals surface area contributed by atoms with Crippen LogP contribution in [0.4, 0.5) is 16.0 Å². The van der Waals surface area contributed by atoms with Gasteiger partial charge < -0.3 is 45.6 Å². The number of fused-ring (bicyclic) bond motifs is 1. The molecule has 74 heavy (non-hydrogen) atoms. The average molecular weight is 1050 g/mol. The van der Waals surface area contributed by atoms with Crippen molar-refractivity contribution in [1.82, 2.24) is 45.6 Å². The van der Waals surface area contributed by atoms with Crippen molar-refractivity contribution in [2.45, 2.75) is 105 Å². The molecular formula is C55H71ClFN11O5S. The van der Waals surface area contributed by atoms with Crippen LogP contribution in [-0.2, 0) is 25.7 Å². The summed E-state index contributed by atoms with van der Waals surface area (Å²) < 4.78 is 16.9. The second-order valence-electron chi connectivity index (χ2n) is 22.2. The molecule has 0 radical (unpaired) electrons. The number of rotatable bonds is 17. The molecule has 19 heteroatoms. The lowest BCUT2D eigenvalue weighted by atomic mass is 9.75. The topological polar surface area (TPSA) is 180 Å². The first-order chi connectivity index (χ1) is 35.3. The van der Waals surface area contributed by atoms with Gasteiger partial charge in [-0.05, 0) is 79.5 Å². The number of hydrogen-bond acceptors (Lipinski definition) is 12. The molecule has 0 saturated carbocycles. The largest absolute Gasteiger partial charge is 0.391 e. The lowest BCUT2D eigenvalue weighted by Gasteiger charge is -2.56. The number of hydrogen-bond donors (Lipinski definition) is 5. The summed E-state index contributed by atoms with van der Waals surface area (Å²) in [7, 11) is 0. The molecule has 396 valence electrons. The van der Waals surface area contributed by atoms with Crippen LogP contribution in [0, 0.1) is 37.4 Å². The minimum absolute atomic E-state index is 0.0185. The first kappa shape index (κ1) is 53.2. The van der Waals surface area contributed by atoms with Crippen molar-refractivity contribution >= 4 is 69.2 Å². The van der Waals surface area contributed by atoms with Crippen LogP contribution >= 0.6 is 22.9 Å². The number of aliphatic hydroxyl groups excluding tert-OH is 1. The smallest absolute Gasteiger partial charge is 0.246 e. The summed E-state index contributed by atoms with van der Waals surface area (Å²) in [6.07, 6.45) is -0.0147. The molecule has 4 fully saturated rings. The second-order valence-corrected chi connectivity index (χ2v) is 23.5. The Morgan fingerprint density at radius 2 is 1.65 bits per heavy atom. The lowest BCUT2D eigenvalue weighted by molar-refractivity contribution is -0.144. The maximum absolute atomic E-state index is 14.7. The van der Waals surface area contributed by atoms with E-state index in [1.165, 1.54) is 4.90 Å². The highest BCUT2D eigenvalue weighted by Crippen LogP contribution is 2.41. The van der Waals surface area contributed by atoms with Crippen LogP contribution in [0.15, 0.2) is 54.0 Å². The first-order valence-electron chi connectivity index (χ1n) is 26.0. The van der Waals surface area contributed by atoms with E-state index in [1.807, 2.05) is 88.7 Å². The molecule has 4 aliphatic rings. The fourth-order valence-corrected chi connectivity index (χ4v) is 12.0. The Morgan fingerprint density at radius 3 is 2.28 bits per heavy atom. The number of halogens is 2. The number of nitrogens with zero attached hydrogens (tertiary/aromatic N) is 7. The van der Waals surface area contributed by atoms with Gasteiger partial charge in [0.25, 0.3) is 0 Å². The molecular weight excluding hydrogens is 981 g/mol. The number of aryl methyl sites for hydroxylation is 3. The third-order valence-corrected chi connectivity index (χ3v) is 16.5. The maximum atomic E-state index is 14.7. The number of anilines is 2. The molecule has 1 spiro atoms. The SMILES string of the molecule is Cc1cc(Cn2c(N3CC4(CNC4)C3)nc3c(N4CCN(CCC(=O)NCCCC(=O)NC(C(=O)N5CC(O)CC5C(=O)NC(C)c5ccc(-c6scnc6C)cc5)C(C)(C)C)CC4)cc(Cl)cc32)cc(C)c1F. The molecule has 4 unspecified atom stereocenters. The summed E-state index contributed by atoms with van der Waals surface area (Å²) in [5, 5.41) is 23.7. The number of β-amino-alcohol motifs (C(OH)–C–C–N with tert-alkyl or cyclic N) is 1. The summed E-state index contributed by atoms with van der Waals surface area (Å²) in [6.45, 7) is 21.3. The zero-order valence-electron chi connectivity index (χ0n) is 43.7. The molecule has 0 aliphatic carbocycles. The Hall–Kier alpha value is -5.66. The van der Waals surface area contributed by atoms with E-state index < -0.39 is 29.5 Å². The van der Waals surface area contributed by atoms with E-state index >= 15 is 0 Å². The predicted octanol–water partition coefficient (Wildman–Crippen LogP) is 6.11. The fourth-order valence-electron chi connectivity index (χ4n) is 11.0. The number of aromatic nitrogens is 3. The standard InChI is InChI=1S/C55H71ClFN11O5S/c1-33-21-37(22-34(2)47(33)57)26-68-43-24-40(56)23-42(48(43)63-53(68)66-30-55(31-66)28-58-29-55)65-19-17-64(18-20-65)16-14-45(70)59-15-8-9-46(71)62-50(54(5,6)7)52(73)67-27-41(69)25-44(67)51(72)61-35(3)38-10-12-39(13-11-38)49-36(4)60-32-74-49/h10-13,21-24,32,35,41,44,50,58,69H,8-9,14-20,25-31H2,1-7H3,(H,59,70)(H,61,72)(H,62,71). The minimum atomic E-state index is -0.949. The number of carbonyl (C=O) groups is 4. The number of aliphatic hydroxyl groups is 1. The van der Waals surface area contributed by atoms with Crippen LogP contribution in [0.5, 0.6) is 0 Å². The molecule has 2 aromatic heterocycles. The average Bonchev–Trinajstić information content (AvgIpc) is 4.05. The van der Waals surface area contributed by atoms with Crippen molar-refractivity contribution in [2.24, 2.45) is 10.8 Å². The third-order valence-electron chi connectivity index (χ3n) is 15.3. The zero-order chi connectivity index (χ0) is 52.6. The van der Waals surface area contributed by atoms with E-state index in [0.29, 0.717) is 54.0 Å². The summed E-state index contributed by atoms with van der Waals surface area (Å²) in [6, 6.07) is 13.6. The highest BCUT2D eigenvalue weighted by atomic mass is 35.5. The monoisotopic (exact) mass is 1050 g/mol. The van der Waals surface area contributed by atoms with Gasteiger partial charge in [0.1, 0.15) is 23.4 Å². The Morgan fingerprint density at radius 1 is 0.946 bits per heavy atom. The molecule has 4 amide bonds. The Bertz CT molecular complexity index is 2860. The van der Waals surface area contributed by atoms with Crippen LogP contribution in [-0.4, -0.2) is 143 Å². The number of carbonyl (C=O) groups excluding carboxylic acids is 4. The molecule has 3 aromatic carbocycles. The summed E-state index contributed by atoms with van der Waals surface area (Å²) in [5.41, 5.74) is 9.39. The number of amides is 4. The van der Waals surface area contributed by atoms with Crippen molar-refractivity contribution in [3.63, 3.8) is 0 Å². The highest BCUT2D eigenvalue weighted by molar-refractivity contribution is 7.13. The van der Waals surface area contributed by atoms with Gasteiger partial charge >= 0.3 is 0 Å². The van der Waals surface area contributed by atoms with Gasteiger partial charge in [-0.1, -0.05) is 68.8 Å². The van der Waals surface area contributed by atoms with Crippen molar-refractivity contribution in [3.05, 3.63) is 92.8 Å². The van der Waals surface area contributed by atoms with Gasteiger partial charge in [-0.25, -0.2) is 14.4 Å². The van der Waals surface area contributed by atoms with Crippen molar-refractivity contribution in [2.75, 3.05) is 81.8 Å². The Balaban J connectivity index is 0.735.